The van der Waals surface area contributed by atoms with E-state index in [0.29, 0.717) is 42.0 Å². The summed E-state index contributed by atoms with van der Waals surface area (Å²) in [7, 11) is 3.94. The Morgan fingerprint density at radius 1 is 0.938 bits per heavy atom. The number of para-hydroxylation sites is 1. The van der Waals surface area contributed by atoms with Gasteiger partial charge in [0.15, 0.2) is 0 Å². The Balaban J connectivity index is 1.25. The first-order chi connectivity index (χ1) is 23.3. The van der Waals surface area contributed by atoms with E-state index < -0.39 is 0 Å². The lowest BCUT2D eigenvalue weighted by molar-refractivity contribution is 0.134. The number of nitrogens with one attached hydrogen (secondary N) is 2. The first kappa shape index (κ1) is 33.8. The largest absolute Gasteiger partial charge is 0.493 e. The molecule has 2 fully saturated rings. The molecule has 0 radical (unpaired) electrons. The van der Waals surface area contributed by atoms with Gasteiger partial charge in [0.05, 0.1) is 18.2 Å². The quantitative estimate of drug-likeness (QED) is 0.110. The maximum atomic E-state index is 14.0. The average Bonchev–Trinajstić information content (AvgIpc) is 3.85. The molecule has 10 heteroatoms. The van der Waals surface area contributed by atoms with Crippen LogP contribution in [-0.4, -0.2) is 87.0 Å². The molecule has 1 aromatic heterocycles. The second-order valence-corrected chi connectivity index (χ2v) is 13.1. The molecule has 0 atom stereocenters. The van der Waals surface area contributed by atoms with Crippen LogP contribution in [0, 0.1) is 24.1 Å². The predicted molar refractivity (Wildman–Crippen MR) is 191 cm³/mol. The number of benzene rings is 3. The van der Waals surface area contributed by atoms with Gasteiger partial charge in [-0.1, -0.05) is 48.0 Å². The maximum absolute atomic E-state index is 14.0. The van der Waals surface area contributed by atoms with Crippen molar-refractivity contribution in [2.24, 2.45) is 5.92 Å². The highest BCUT2D eigenvalue weighted by Gasteiger charge is 2.26. The minimum absolute atomic E-state index is 0.00659. The Morgan fingerprint density at radius 3 is 2.42 bits per heavy atom. The van der Waals surface area contributed by atoms with E-state index in [4.69, 9.17) is 31.2 Å². The third-order valence-electron chi connectivity index (χ3n) is 9.26. The number of ether oxygens (including phenoxy) is 3. The Labute approximate surface area is 287 Å². The van der Waals surface area contributed by atoms with Crippen LogP contribution >= 0.6 is 11.6 Å². The lowest BCUT2D eigenvalue weighted by Gasteiger charge is -2.32. The van der Waals surface area contributed by atoms with Crippen LogP contribution < -0.4 is 14.9 Å². The van der Waals surface area contributed by atoms with Gasteiger partial charge in [-0.05, 0) is 79.3 Å². The van der Waals surface area contributed by atoms with Gasteiger partial charge in [0, 0.05) is 63.5 Å². The summed E-state index contributed by atoms with van der Waals surface area (Å²) < 4.78 is 34.2. The summed E-state index contributed by atoms with van der Waals surface area (Å²) in [6.45, 7) is 8.53. The molecule has 4 aromatic rings. The molecule has 6 rings (SSSR count). The number of piperazine rings is 1. The maximum Gasteiger partial charge on any atom is 0.233 e. The van der Waals surface area contributed by atoms with E-state index in [1.165, 1.54) is 25.0 Å². The summed E-state index contributed by atoms with van der Waals surface area (Å²) in [5, 5.41) is 9.69. The van der Waals surface area contributed by atoms with Gasteiger partial charge in [0.1, 0.15) is 29.6 Å². The molecule has 1 saturated carbocycles. The van der Waals surface area contributed by atoms with Gasteiger partial charge in [-0.2, -0.15) is 0 Å². The fraction of sp³-hybridized carbons (Fsp3) is 0.395. The Hall–Kier alpha value is -4.05. The van der Waals surface area contributed by atoms with E-state index >= 15 is 0 Å². The summed E-state index contributed by atoms with van der Waals surface area (Å²) in [4.78, 5) is 4.74. The summed E-state index contributed by atoms with van der Waals surface area (Å²) in [6.07, 6.45) is 4.96. The normalized spacial score (nSPS) is 15.4. The fourth-order valence-electron chi connectivity index (χ4n) is 6.10. The molecule has 1 saturated heterocycles. The van der Waals surface area contributed by atoms with Gasteiger partial charge in [-0.25, -0.2) is 4.39 Å². The van der Waals surface area contributed by atoms with E-state index in [-0.39, 0.29) is 11.7 Å². The molecule has 0 bridgehead atoms. The van der Waals surface area contributed by atoms with Gasteiger partial charge < -0.3 is 24.5 Å². The van der Waals surface area contributed by atoms with Crippen LogP contribution in [0.4, 0.5) is 4.39 Å². The minimum atomic E-state index is -0.316. The summed E-state index contributed by atoms with van der Waals surface area (Å²) >= 11 is 6.98. The molecule has 1 aliphatic heterocycles. The number of rotatable bonds is 14. The van der Waals surface area contributed by atoms with E-state index in [2.05, 4.69) is 22.3 Å². The molecule has 3 aromatic carbocycles. The predicted octanol–water partition coefficient (Wildman–Crippen LogP) is 7.10. The van der Waals surface area contributed by atoms with Gasteiger partial charge in [-0.3, -0.25) is 15.0 Å². The monoisotopic (exact) mass is 673 g/mol. The van der Waals surface area contributed by atoms with Crippen LogP contribution in [0.5, 0.6) is 11.5 Å². The highest BCUT2D eigenvalue weighted by molar-refractivity contribution is 6.33. The van der Waals surface area contributed by atoms with Crippen molar-refractivity contribution in [3.63, 3.8) is 0 Å². The molecule has 0 unspecified atom stereocenters. The number of nitrogens with zero attached hydrogens (tertiary/aromatic N) is 3. The van der Waals surface area contributed by atoms with Crippen molar-refractivity contribution in [1.29, 1.82) is 5.41 Å². The van der Waals surface area contributed by atoms with E-state index in [1.54, 1.807) is 23.9 Å². The SMILES string of the molecule is CNn1cc(-c2ccc(F)cc2)c(-c2ccc(OCCN3CCN(C)CC3)c(Cl)c2C)c1C(=N)OCCc1ccccc1OCC1CC1. The fourth-order valence-corrected chi connectivity index (χ4v) is 6.32. The van der Waals surface area contributed by atoms with Crippen molar-refractivity contribution in [2.75, 3.05) is 72.1 Å². The Kier molecular flexibility index (Phi) is 10.9. The first-order valence-electron chi connectivity index (χ1n) is 16.8. The van der Waals surface area contributed by atoms with Gasteiger partial charge in [-0.15, -0.1) is 0 Å². The topological polar surface area (TPSA) is 75.0 Å². The molecule has 8 nitrogen and oxygen atoms in total. The Bertz CT molecular complexity index is 1710. The molecular weight excluding hydrogens is 629 g/mol. The number of hydrogen-bond acceptors (Lipinski definition) is 7. The molecular formula is C38H45ClFN5O3. The van der Waals surface area contributed by atoms with Crippen molar-refractivity contribution in [1.82, 2.24) is 14.5 Å². The zero-order chi connectivity index (χ0) is 33.6. The first-order valence-corrected chi connectivity index (χ1v) is 17.1. The number of aromatic nitrogens is 1. The zero-order valence-corrected chi connectivity index (χ0v) is 28.8. The van der Waals surface area contributed by atoms with Crippen LogP contribution in [0.3, 0.4) is 0 Å². The zero-order valence-electron chi connectivity index (χ0n) is 28.0. The third kappa shape index (κ3) is 7.97. The second-order valence-electron chi connectivity index (χ2n) is 12.7. The van der Waals surface area contributed by atoms with Crippen molar-refractivity contribution in [2.45, 2.75) is 26.2 Å². The van der Waals surface area contributed by atoms with Gasteiger partial charge in [0.25, 0.3) is 0 Å². The van der Waals surface area contributed by atoms with Crippen molar-refractivity contribution >= 4 is 17.5 Å². The number of hydrogen-bond donors (Lipinski definition) is 2. The molecule has 254 valence electrons. The van der Waals surface area contributed by atoms with Gasteiger partial charge in [0.2, 0.25) is 5.90 Å². The molecule has 2 aliphatic rings. The highest BCUT2D eigenvalue weighted by Crippen LogP contribution is 2.42. The highest BCUT2D eigenvalue weighted by atomic mass is 35.5. The van der Waals surface area contributed by atoms with E-state index in [1.807, 2.05) is 49.5 Å². The summed E-state index contributed by atoms with van der Waals surface area (Å²) in [5.74, 6) is 1.84. The lowest BCUT2D eigenvalue weighted by Crippen LogP contribution is -2.45. The number of halogens is 2. The van der Waals surface area contributed by atoms with Crippen molar-refractivity contribution < 1.29 is 18.6 Å². The lowest BCUT2D eigenvalue weighted by atomic mass is 9.93. The van der Waals surface area contributed by atoms with E-state index in [9.17, 15) is 4.39 Å². The molecule has 0 spiro atoms. The molecule has 0 amide bonds. The van der Waals surface area contributed by atoms with Crippen molar-refractivity contribution in [3.8, 4) is 33.8 Å². The Morgan fingerprint density at radius 2 is 1.69 bits per heavy atom. The van der Waals surface area contributed by atoms with Gasteiger partial charge >= 0.3 is 0 Å². The van der Waals surface area contributed by atoms with Crippen LogP contribution in [0.25, 0.3) is 22.3 Å². The molecule has 1 aliphatic carbocycles. The molecule has 2 N–H and O–H groups in total. The number of likely N-dealkylation sites (N-methyl/N-ethyl adjacent to an activating group) is 1. The van der Waals surface area contributed by atoms with Crippen LogP contribution in [0.1, 0.15) is 29.7 Å². The smallest absolute Gasteiger partial charge is 0.233 e. The molecule has 48 heavy (non-hydrogen) atoms. The van der Waals surface area contributed by atoms with Crippen LogP contribution in [-0.2, 0) is 11.2 Å². The second kappa shape index (κ2) is 15.4. The van der Waals surface area contributed by atoms with Crippen molar-refractivity contribution in [3.05, 3.63) is 94.5 Å². The summed E-state index contributed by atoms with van der Waals surface area (Å²) in [6, 6.07) is 18.3. The van der Waals surface area contributed by atoms with E-state index in [0.717, 1.165) is 78.5 Å². The standard InChI is InChI=1S/C38H45ClFN5O3/c1-26-31(14-15-34(36(26)39)46-23-21-44-19-17-43(3)18-20-44)35-32(28-10-12-30(40)13-11-28)24-45(42-2)37(35)38(41)47-22-16-29-6-4-5-7-33(29)48-25-27-8-9-27/h4-7,10-15,24,27,41-42H,8-9,16-23,25H2,1-3H3. The third-order valence-corrected chi connectivity index (χ3v) is 9.73. The minimum Gasteiger partial charge on any atom is -0.493 e. The van der Waals surface area contributed by atoms with Crippen LogP contribution in [0.2, 0.25) is 5.02 Å². The molecule has 2 heterocycles. The van der Waals surface area contributed by atoms with Crippen LogP contribution in [0.15, 0.2) is 66.9 Å². The average molecular weight is 674 g/mol. The summed E-state index contributed by atoms with van der Waals surface area (Å²) in [5.41, 5.74) is 8.81.